The summed E-state index contributed by atoms with van der Waals surface area (Å²) in [5.41, 5.74) is 1.93. The van der Waals surface area contributed by atoms with Crippen LogP contribution in [0.1, 0.15) is 37.9 Å². The molecule has 3 aliphatic heterocycles. The van der Waals surface area contributed by atoms with E-state index >= 15 is 0 Å². The summed E-state index contributed by atoms with van der Waals surface area (Å²) < 4.78 is 12.4. The normalized spacial score (nSPS) is 21.8. The highest BCUT2D eigenvalue weighted by atomic mass is 16.5. The van der Waals surface area contributed by atoms with Crippen molar-refractivity contribution in [3.05, 3.63) is 41.5 Å². The lowest BCUT2D eigenvalue weighted by molar-refractivity contribution is -0.138. The van der Waals surface area contributed by atoms with Gasteiger partial charge in [-0.05, 0) is 55.8 Å². The number of piperidine rings is 1. The quantitative estimate of drug-likeness (QED) is 0.588. The molecule has 11 nitrogen and oxygen atoms in total. The number of rotatable bonds is 6. The average Bonchev–Trinajstić information content (AvgIpc) is 3.56. The number of carbonyl (C=O) groups excluding carboxylic acids is 2. The maximum atomic E-state index is 13.3. The Kier molecular flexibility index (Phi) is 5.67. The Hall–Kier alpha value is -3.18. The summed E-state index contributed by atoms with van der Waals surface area (Å²) in [6.07, 6.45) is 5.59. The van der Waals surface area contributed by atoms with E-state index in [0.29, 0.717) is 17.9 Å². The molecule has 5 rings (SSSR count). The lowest BCUT2D eigenvalue weighted by Crippen LogP contribution is -2.45. The molecular weight excluding hydrogens is 426 g/mol. The first kappa shape index (κ1) is 21.7. The van der Waals surface area contributed by atoms with Crippen molar-refractivity contribution in [1.82, 2.24) is 35.0 Å². The minimum absolute atomic E-state index is 0.125. The van der Waals surface area contributed by atoms with E-state index in [-0.39, 0.29) is 30.0 Å². The molecule has 0 N–H and O–H groups in total. The molecule has 0 aromatic carbocycles. The third kappa shape index (κ3) is 3.91. The first-order chi connectivity index (χ1) is 16.0. The van der Waals surface area contributed by atoms with E-state index in [2.05, 4.69) is 25.4 Å². The molecule has 174 valence electrons. The second kappa shape index (κ2) is 8.64. The van der Waals surface area contributed by atoms with Crippen molar-refractivity contribution in [3.63, 3.8) is 0 Å². The highest BCUT2D eigenvalue weighted by Gasteiger charge is 2.50. The molecule has 0 radical (unpaired) electrons. The van der Waals surface area contributed by atoms with Gasteiger partial charge in [0.2, 0.25) is 5.91 Å². The number of hydrogen-bond acceptors (Lipinski definition) is 9. The maximum Gasteiger partial charge on any atom is 0.336 e. The Labute approximate surface area is 191 Å². The fourth-order valence-electron chi connectivity index (χ4n) is 4.99. The number of amides is 1. The Morgan fingerprint density at radius 1 is 1.18 bits per heavy atom. The van der Waals surface area contributed by atoms with Crippen molar-refractivity contribution in [2.45, 2.75) is 32.3 Å². The van der Waals surface area contributed by atoms with E-state index < -0.39 is 0 Å². The molecule has 0 aliphatic carbocycles. The fraction of sp³-hybridized carbons (Fsp3) is 0.545. The van der Waals surface area contributed by atoms with Gasteiger partial charge in [-0.15, -0.1) is 5.10 Å². The average molecular weight is 454 g/mol. The SMILES string of the molecule is COC(CN1CCC2(CC1)CCN(C1=C(C)C(=O)OC1)C2=O)c1ccc(-n2cnnn2)nc1. The van der Waals surface area contributed by atoms with Crippen molar-refractivity contribution >= 4 is 11.9 Å². The number of carbonyl (C=O) groups is 2. The van der Waals surface area contributed by atoms with Crippen molar-refractivity contribution < 1.29 is 19.1 Å². The number of cyclic esters (lactones) is 1. The van der Waals surface area contributed by atoms with Crippen LogP contribution < -0.4 is 0 Å². The molecule has 1 unspecified atom stereocenters. The standard InChI is InChI=1S/C22H27N7O4/c1-15-17(13-33-20(15)30)28-10-7-22(21(28)31)5-8-27(9-6-22)12-18(32-2)16-3-4-19(23-11-16)29-14-24-25-26-29/h3-4,11,14,18H,5-10,12-13H2,1-2H3. The number of esters is 1. The van der Waals surface area contributed by atoms with Crippen LogP contribution in [-0.2, 0) is 19.1 Å². The van der Waals surface area contributed by atoms with Gasteiger partial charge in [-0.2, -0.15) is 4.68 Å². The van der Waals surface area contributed by atoms with E-state index in [1.54, 1.807) is 25.1 Å². The van der Waals surface area contributed by atoms with Gasteiger partial charge in [0.1, 0.15) is 12.9 Å². The molecule has 0 bridgehead atoms. The molecule has 1 amide bonds. The first-order valence-corrected chi connectivity index (χ1v) is 11.1. The van der Waals surface area contributed by atoms with Gasteiger partial charge in [-0.3, -0.25) is 4.79 Å². The van der Waals surface area contributed by atoms with E-state index in [4.69, 9.17) is 9.47 Å². The second-order valence-corrected chi connectivity index (χ2v) is 8.86. The largest absolute Gasteiger partial charge is 0.456 e. The predicted molar refractivity (Wildman–Crippen MR) is 115 cm³/mol. The van der Waals surface area contributed by atoms with Gasteiger partial charge >= 0.3 is 5.97 Å². The molecule has 2 aromatic rings. The van der Waals surface area contributed by atoms with Crippen LogP contribution in [-0.4, -0.2) is 86.8 Å². The Morgan fingerprint density at radius 3 is 2.58 bits per heavy atom. The number of pyridine rings is 1. The van der Waals surface area contributed by atoms with Crippen molar-refractivity contribution in [2.24, 2.45) is 5.41 Å². The van der Waals surface area contributed by atoms with Gasteiger partial charge in [-0.25, -0.2) is 9.78 Å². The predicted octanol–water partition coefficient (Wildman–Crippen LogP) is 0.890. The fourth-order valence-corrected chi connectivity index (χ4v) is 4.99. The van der Waals surface area contributed by atoms with Crippen LogP contribution in [0.5, 0.6) is 0 Å². The number of nitrogens with zero attached hydrogens (tertiary/aromatic N) is 7. The number of ether oxygens (including phenoxy) is 2. The molecule has 1 atom stereocenters. The molecule has 33 heavy (non-hydrogen) atoms. The third-order valence-corrected chi connectivity index (χ3v) is 7.17. The van der Waals surface area contributed by atoms with E-state index in [1.807, 2.05) is 12.1 Å². The third-order valence-electron chi connectivity index (χ3n) is 7.17. The van der Waals surface area contributed by atoms with Crippen LogP contribution in [0.25, 0.3) is 5.82 Å². The molecule has 2 aromatic heterocycles. The summed E-state index contributed by atoms with van der Waals surface area (Å²) in [5.74, 6) is 0.461. The molecule has 11 heteroatoms. The second-order valence-electron chi connectivity index (χ2n) is 8.86. The lowest BCUT2D eigenvalue weighted by atomic mass is 9.77. The molecule has 3 aliphatic rings. The van der Waals surface area contributed by atoms with Gasteiger partial charge in [0.05, 0.1) is 22.8 Å². The van der Waals surface area contributed by atoms with Crippen LogP contribution in [0, 0.1) is 5.41 Å². The first-order valence-electron chi connectivity index (χ1n) is 11.1. The van der Waals surface area contributed by atoms with Gasteiger partial charge < -0.3 is 19.3 Å². The smallest absolute Gasteiger partial charge is 0.336 e. The van der Waals surface area contributed by atoms with Gasteiger partial charge in [0.15, 0.2) is 5.82 Å². The molecule has 2 fully saturated rings. The number of tetrazole rings is 1. The summed E-state index contributed by atoms with van der Waals surface area (Å²) in [5, 5.41) is 11.1. The topological polar surface area (TPSA) is 116 Å². The van der Waals surface area contributed by atoms with Crippen molar-refractivity contribution in [2.75, 3.05) is 39.9 Å². The number of aromatic nitrogens is 5. The Balaban J connectivity index is 1.20. The van der Waals surface area contributed by atoms with Crippen LogP contribution in [0.15, 0.2) is 35.9 Å². The summed E-state index contributed by atoms with van der Waals surface area (Å²) in [4.78, 5) is 33.6. The number of methoxy groups -OCH3 is 1. The zero-order valence-corrected chi connectivity index (χ0v) is 18.8. The van der Waals surface area contributed by atoms with Crippen LogP contribution in [0.3, 0.4) is 0 Å². The zero-order valence-electron chi connectivity index (χ0n) is 18.8. The highest BCUT2D eigenvalue weighted by Crippen LogP contribution is 2.44. The minimum Gasteiger partial charge on any atom is -0.456 e. The Bertz CT molecular complexity index is 1060. The van der Waals surface area contributed by atoms with Crippen LogP contribution >= 0.6 is 0 Å². The van der Waals surface area contributed by atoms with Crippen LogP contribution in [0.4, 0.5) is 0 Å². The van der Waals surface area contributed by atoms with Gasteiger partial charge in [0.25, 0.3) is 0 Å². The molecule has 1 spiro atoms. The van der Waals surface area contributed by atoms with Gasteiger partial charge in [0, 0.05) is 32.0 Å². The summed E-state index contributed by atoms with van der Waals surface area (Å²) in [6, 6.07) is 3.84. The number of hydrogen-bond donors (Lipinski definition) is 0. The molecule has 2 saturated heterocycles. The monoisotopic (exact) mass is 453 g/mol. The van der Waals surface area contributed by atoms with Crippen molar-refractivity contribution in [1.29, 1.82) is 0 Å². The molecular formula is C22H27N7O4. The Morgan fingerprint density at radius 2 is 1.97 bits per heavy atom. The lowest BCUT2D eigenvalue weighted by Gasteiger charge is -2.39. The van der Waals surface area contributed by atoms with E-state index in [1.165, 1.54) is 11.0 Å². The maximum absolute atomic E-state index is 13.3. The summed E-state index contributed by atoms with van der Waals surface area (Å²) in [7, 11) is 1.70. The van der Waals surface area contributed by atoms with E-state index in [0.717, 1.165) is 50.2 Å². The zero-order chi connectivity index (χ0) is 23.0. The highest BCUT2D eigenvalue weighted by molar-refractivity contribution is 5.94. The van der Waals surface area contributed by atoms with Gasteiger partial charge in [-0.1, -0.05) is 6.07 Å². The summed E-state index contributed by atoms with van der Waals surface area (Å²) in [6.45, 7) is 4.96. The van der Waals surface area contributed by atoms with Crippen molar-refractivity contribution in [3.8, 4) is 5.82 Å². The molecule has 0 saturated carbocycles. The minimum atomic E-state index is -0.340. The number of likely N-dealkylation sites (tertiary alicyclic amines) is 2. The van der Waals surface area contributed by atoms with E-state index in [9.17, 15) is 9.59 Å². The van der Waals surface area contributed by atoms with Crippen LogP contribution in [0.2, 0.25) is 0 Å². The summed E-state index contributed by atoms with van der Waals surface area (Å²) >= 11 is 0. The molecule has 5 heterocycles.